The van der Waals surface area contributed by atoms with Gasteiger partial charge in [0.05, 0.1) is 6.04 Å². The van der Waals surface area contributed by atoms with Gasteiger partial charge in [0, 0.05) is 24.9 Å². The molecule has 0 saturated carbocycles. The molecule has 1 aromatic carbocycles. The highest BCUT2D eigenvalue weighted by Crippen LogP contribution is 2.19. The molecule has 2 heterocycles. The monoisotopic (exact) mass is 323 g/mol. The van der Waals surface area contributed by atoms with Gasteiger partial charge in [-0.2, -0.15) is 0 Å². The van der Waals surface area contributed by atoms with Crippen LogP contribution in [0.2, 0.25) is 0 Å². The molecular formula is C17H17N5O2. The maximum absolute atomic E-state index is 12.4. The number of nitrogens with one attached hydrogen (secondary N) is 1. The largest absolute Gasteiger partial charge is 0.439 e. The van der Waals surface area contributed by atoms with Crippen molar-refractivity contribution in [3.05, 3.63) is 66.4 Å². The molecule has 0 aliphatic heterocycles. The van der Waals surface area contributed by atoms with Crippen molar-refractivity contribution in [2.45, 2.75) is 13.0 Å². The SMILES string of the molecule is C[C@H](NC(=O)c1ccnc(Oc2ccccc2)c1)c1nncn1C. The number of benzene rings is 1. The zero-order valence-corrected chi connectivity index (χ0v) is 13.4. The Bertz CT molecular complexity index is 832. The first-order valence-corrected chi connectivity index (χ1v) is 7.47. The van der Waals surface area contributed by atoms with Crippen molar-refractivity contribution in [3.63, 3.8) is 0 Å². The number of pyridine rings is 1. The van der Waals surface area contributed by atoms with E-state index in [9.17, 15) is 4.79 Å². The van der Waals surface area contributed by atoms with Gasteiger partial charge in [-0.15, -0.1) is 10.2 Å². The number of carbonyl (C=O) groups excluding carboxylic acids is 1. The van der Waals surface area contributed by atoms with Gasteiger partial charge in [0.15, 0.2) is 5.82 Å². The first-order chi connectivity index (χ1) is 11.6. The standard InChI is InChI=1S/C17H17N5O2/c1-12(16-21-19-11-22(16)2)20-17(23)13-8-9-18-15(10-13)24-14-6-4-3-5-7-14/h3-12H,1-2H3,(H,20,23)/t12-/m0/s1. The average Bonchev–Trinajstić information content (AvgIpc) is 3.02. The van der Waals surface area contributed by atoms with Crippen molar-refractivity contribution >= 4 is 5.91 Å². The Balaban J connectivity index is 1.71. The molecule has 1 atom stereocenters. The summed E-state index contributed by atoms with van der Waals surface area (Å²) in [6, 6.07) is 12.3. The Morgan fingerprint density at radius 2 is 2.04 bits per heavy atom. The number of hydrogen-bond donors (Lipinski definition) is 1. The van der Waals surface area contributed by atoms with Crippen LogP contribution in [0.25, 0.3) is 0 Å². The molecule has 0 spiro atoms. The molecule has 24 heavy (non-hydrogen) atoms. The van der Waals surface area contributed by atoms with E-state index in [4.69, 9.17) is 4.74 Å². The van der Waals surface area contributed by atoms with E-state index < -0.39 is 0 Å². The molecule has 0 aliphatic rings. The lowest BCUT2D eigenvalue weighted by Crippen LogP contribution is -2.28. The molecule has 2 aromatic heterocycles. The summed E-state index contributed by atoms with van der Waals surface area (Å²) in [6.07, 6.45) is 3.14. The van der Waals surface area contributed by atoms with Gasteiger partial charge >= 0.3 is 0 Å². The van der Waals surface area contributed by atoms with E-state index in [2.05, 4.69) is 20.5 Å². The third-order valence-corrected chi connectivity index (χ3v) is 3.44. The average molecular weight is 323 g/mol. The topological polar surface area (TPSA) is 81.9 Å². The van der Waals surface area contributed by atoms with Crippen LogP contribution in [0.15, 0.2) is 55.0 Å². The molecule has 0 aliphatic carbocycles. The fourth-order valence-electron chi connectivity index (χ4n) is 2.24. The number of amides is 1. The second-order valence-electron chi connectivity index (χ2n) is 5.29. The fraction of sp³-hybridized carbons (Fsp3) is 0.176. The molecule has 7 heteroatoms. The highest BCUT2D eigenvalue weighted by atomic mass is 16.5. The Morgan fingerprint density at radius 1 is 1.25 bits per heavy atom. The Morgan fingerprint density at radius 3 is 2.75 bits per heavy atom. The van der Waals surface area contributed by atoms with Crippen LogP contribution in [-0.2, 0) is 7.05 Å². The number of rotatable bonds is 5. The molecule has 0 saturated heterocycles. The fourth-order valence-corrected chi connectivity index (χ4v) is 2.24. The first-order valence-electron chi connectivity index (χ1n) is 7.47. The van der Waals surface area contributed by atoms with E-state index >= 15 is 0 Å². The summed E-state index contributed by atoms with van der Waals surface area (Å²) < 4.78 is 7.41. The molecule has 1 amide bonds. The maximum atomic E-state index is 12.4. The number of aromatic nitrogens is 4. The number of para-hydroxylation sites is 1. The lowest BCUT2D eigenvalue weighted by Gasteiger charge is -2.13. The minimum absolute atomic E-state index is 0.231. The normalized spacial score (nSPS) is 11.8. The van der Waals surface area contributed by atoms with Gasteiger partial charge in [-0.1, -0.05) is 18.2 Å². The van der Waals surface area contributed by atoms with Crippen LogP contribution in [-0.4, -0.2) is 25.7 Å². The minimum atomic E-state index is -0.267. The molecule has 0 radical (unpaired) electrons. The second kappa shape index (κ2) is 6.91. The van der Waals surface area contributed by atoms with Crippen molar-refractivity contribution < 1.29 is 9.53 Å². The summed E-state index contributed by atoms with van der Waals surface area (Å²) >= 11 is 0. The number of nitrogens with zero attached hydrogens (tertiary/aromatic N) is 4. The van der Waals surface area contributed by atoms with Crippen molar-refractivity contribution in [3.8, 4) is 11.6 Å². The van der Waals surface area contributed by atoms with Gasteiger partial charge in [-0.05, 0) is 25.1 Å². The van der Waals surface area contributed by atoms with Gasteiger partial charge in [0.2, 0.25) is 5.88 Å². The number of aryl methyl sites for hydroxylation is 1. The number of ether oxygens (including phenoxy) is 1. The van der Waals surface area contributed by atoms with Gasteiger partial charge < -0.3 is 14.6 Å². The van der Waals surface area contributed by atoms with Crippen molar-refractivity contribution in [1.82, 2.24) is 25.1 Å². The highest BCUT2D eigenvalue weighted by Gasteiger charge is 2.16. The quantitative estimate of drug-likeness (QED) is 0.780. The number of carbonyl (C=O) groups is 1. The lowest BCUT2D eigenvalue weighted by molar-refractivity contribution is 0.0937. The predicted octanol–water partition coefficient (Wildman–Crippen LogP) is 2.49. The van der Waals surface area contributed by atoms with Gasteiger partial charge in [-0.3, -0.25) is 4.79 Å². The van der Waals surface area contributed by atoms with E-state index in [-0.39, 0.29) is 11.9 Å². The Hall–Kier alpha value is -3.22. The second-order valence-corrected chi connectivity index (χ2v) is 5.29. The van der Waals surface area contributed by atoms with E-state index in [0.29, 0.717) is 23.0 Å². The molecule has 3 aromatic rings. The Labute approximate surface area is 139 Å². The summed E-state index contributed by atoms with van der Waals surface area (Å²) in [5.41, 5.74) is 0.463. The zero-order chi connectivity index (χ0) is 16.9. The van der Waals surface area contributed by atoms with E-state index in [1.54, 1.807) is 29.2 Å². The third-order valence-electron chi connectivity index (χ3n) is 3.44. The molecule has 3 rings (SSSR count). The number of hydrogen-bond acceptors (Lipinski definition) is 5. The lowest BCUT2D eigenvalue weighted by atomic mass is 10.2. The Kier molecular flexibility index (Phi) is 4.51. The zero-order valence-electron chi connectivity index (χ0n) is 13.4. The van der Waals surface area contributed by atoms with Crippen molar-refractivity contribution in [2.75, 3.05) is 0 Å². The van der Waals surface area contributed by atoms with Crippen LogP contribution in [0.4, 0.5) is 0 Å². The summed E-state index contributed by atoms with van der Waals surface area (Å²) in [5, 5.41) is 10.7. The van der Waals surface area contributed by atoms with E-state index in [0.717, 1.165) is 0 Å². The van der Waals surface area contributed by atoms with Crippen LogP contribution in [0.3, 0.4) is 0 Å². The van der Waals surface area contributed by atoms with E-state index in [1.807, 2.05) is 44.3 Å². The smallest absolute Gasteiger partial charge is 0.252 e. The summed E-state index contributed by atoms with van der Waals surface area (Å²) in [6.45, 7) is 1.85. The molecule has 0 bridgehead atoms. The van der Waals surface area contributed by atoms with Crippen LogP contribution in [0.1, 0.15) is 29.1 Å². The van der Waals surface area contributed by atoms with E-state index in [1.165, 1.54) is 0 Å². The minimum Gasteiger partial charge on any atom is -0.439 e. The summed E-state index contributed by atoms with van der Waals surface area (Å²) in [7, 11) is 1.83. The molecule has 7 nitrogen and oxygen atoms in total. The molecular weight excluding hydrogens is 306 g/mol. The first kappa shape index (κ1) is 15.7. The molecule has 0 unspecified atom stereocenters. The van der Waals surface area contributed by atoms with Crippen LogP contribution < -0.4 is 10.1 Å². The van der Waals surface area contributed by atoms with Gasteiger partial charge in [-0.25, -0.2) is 4.98 Å². The maximum Gasteiger partial charge on any atom is 0.252 e. The van der Waals surface area contributed by atoms with Crippen LogP contribution in [0.5, 0.6) is 11.6 Å². The van der Waals surface area contributed by atoms with Gasteiger partial charge in [0.1, 0.15) is 12.1 Å². The third kappa shape index (κ3) is 3.57. The van der Waals surface area contributed by atoms with Crippen LogP contribution in [0, 0.1) is 0 Å². The molecule has 1 N–H and O–H groups in total. The molecule has 0 fully saturated rings. The summed E-state index contributed by atoms with van der Waals surface area (Å²) in [5.74, 6) is 1.47. The van der Waals surface area contributed by atoms with Crippen molar-refractivity contribution in [2.24, 2.45) is 7.05 Å². The highest BCUT2D eigenvalue weighted by molar-refractivity contribution is 5.94. The summed E-state index contributed by atoms with van der Waals surface area (Å²) in [4.78, 5) is 16.5. The predicted molar refractivity (Wildman–Crippen MR) is 87.6 cm³/mol. The van der Waals surface area contributed by atoms with Crippen LogP contribution >= 0.6 is 0 Å². The molecule has 122 valence electrons. The van der Waals surface area contributed by atoms with Crippen molar-refractivity contribution in [1.29, 1.82) is 0 Å². The van der Waals surface area contributed by atoms with Gasteiger partial charge in [0.25, 0.3) is 5.91 Å².